The smallest absolute Gasteiger partial charge is 0.241 e. The Morgan fingerprint density at radius 3 is 2.40 bits per heavy atom. The lowest BCUT2D eigenvalue weighted by atomic mass is 10.0. The summed E-state index contributed by atoms with van der Waals surface area (Å²) in [5, 5.41) is 2.85. The summed E-state index contributed by atoms with van der Waals surface area (Å²) in [6.07, 6.45) is 0. The Hall–Kier alpha value is -2.37. The first-order valence-corrected chi connectivity index (χ1v) is 8.35. The van der Waals surface area contributed by atoms with Gasteiger partial charge >= 0.3 is 0 Å². The van der Waals surface area contributed by atoms with Crippen molar-refractivity contribution in [3.05, 3.63) is 59.7 Å². The third-order valence-electron chi connectivity index (χ3n) is 3.91. The lowest BCUT2D eigenvalue weighted by Crippen LogP contribution is -2.39. The maximum absolute atomic E-state index is 12.0. The monoisotopic (exact) mass is 342 g/mol. The second kappa shape index (κ2) is 9.20. The Morgan fingerprint density at radius 2 is 1.76 bits per heavy atom. The quantitative estimate of drug-likeness (QED) is 0.772. The molecule has 0 spiro atoms. The molecule has 0 aliphatic heterocycles. The van der Waals surface area contributed by atoms with Crippen molar-refractivity contribution in [3.63, 3.8) is 0 Å². The molecule has 0 unspecified atom stereocenters. The Bertz CT molecular complexity index is 684. The largest absolute Gasteiger partial charge is 0.497 e. The van der Waals surface area contributed by atoms with E-state index < -0.39 is 6.04 Å². The maximum atomic E-state index is 12.0. The van der Waals surface area contributed by atoms with Crippen molar-refractivity contribution in [2.45, 2.75) is 33.1 Å². The number of rotatable bonds is 8. The van der Waals surface area contributed by atoms with Crippen molar-refractivity contribution in [1.82, 2.24) is 0 Å². The van der Waals surface area contributed by atoms with Gasteiger partial charge in [-0.05, 0) is 41.3 Å². The van der Waals surface area contributed by atoms with Crippen LogP contribution in [-0.2, 0) is 22.7 Å². The third kappa shape index (κ3) is 5.89. The molecule has 0 aromatic heterocycles. The first-order valence-electron chi connectivity index (χ1n) is 8.35. The van der Waals surface area contributed by atoms with Crippen LogP contribution in [0.1, 0.15) is 25.0 Å². The van der Waals surface area contributed by atoms with E-state index in [4.69, 9.17) is 15.2 Å². The molecule has 0 aliphatic carbocycles. The molecule has 1 amide bonds. The molecule has 0 saturated carbocycles. The van der Waals surface area contributed by atoms with Crippen LogP contribution in [0.4, 0.5) is 5.69 Å². The molecular weight excluding hydrogens is 316 g/mol. The number of nitrogens with one attached hydrogen (secondary N) is 1. The number of nitrogens with two attached hydrogens (primary N) is 1. The summed E-state index contributed by atoms with van der Waals surface area (Å²) >= 11 is 0. The third-order valence-corrected chi connectivity index (χ3v) is 3.91. The van der Waals surface area contributed by atoms with Crippen LogP contribution in [-0.4, -0.2) is 19.1 Å². The molecule has 0 heterocycles. The molecular formula is C20H26N2O3. The number of ether oxygens (including phenoxy) is 2. The minimum atomic E-state index is -0.519. The lowest BCUT2D eigenvalue weighted by molar-refractivity contribution is -0.118. The zero-order chi connectivity index (χ0) is 18.2. The van der Waals surface area contributed by atoms with E-state index in [2.05, 4.69) is 5.32 Å². The number of methoxy groups -OCH3 is 1. The average Bonchev–Trinajstić information content (AvgIpc) is 2.62. The van der Waals surface area contributed by atoms with Gasteiger partial charge in [0.1, 0.15) is 5.75 Å². The summed E-state index contributed by atoms with van der Waals surface area (Å²) in [6.45, 7) is 4.83. The van der Waals surface area contributed by atoms with Gasteiger partial charge in [0, 0.05) is 5.69 Å². The average molecular weight is 342 g/mol. The maximum Gasteiger partial charge on any atom is 0.241 e. The van der Waals surface area contributed by atoms with Crippen LogP contribution in [0, 0.1) is 5.92 Å². The van der Waals surface area contributed by atoms with Crippen molar-refractivity contribution in [2.24, 2.45) is 11.7 Å². The van der Waals surface area contributed by atoms with E-state index in [1.54, 1.807) is 7.11 Å². The van der Waals surface area contributed by atoms with Crippen molar-refractivity contribution in [3.8, 4) is 5.75 Å². The van der Waals surface area contributed by atoms with Gasteiger partial charge in [0.05, 0.1) is 26.4 Å². The number of hydrogen-bond acceptors (Lipinski definition) is 4. The molecule has 0 radical (unpaired) electrons. The normalized spacial score (nSPS) is 12.0. The van der Waals surface area contributed by atoms with Gasteiger partial charge in [-0.15, -0.1) is 0 Å². The molecule has 134 valence electrons. The van der Waals surface area contributed by atoms with Gasteiger partial charge in [0.25, 0.3) is 0 Å². The van der Waals surface area contributed by atoms with E-state index in [-0.39, 0.29) is 11.8 Å². The lowest BCUT2D eigenvalue weighted by Gasteiger charge is -2.15. The number of amides is 1. The molecule has 5 heteroatoms. The van der Waals surface area contributed by atoms with Crippen molar-refractivity contribution < 1.29 is 14.3 Å². The summed E-state index contributed by atoms with van der Waals surface area (Å²) in [4.78, 5) is 12.0. The van der Waals surface area contributed by atoms with E-state index in [9.17, 15) is 4.79 Å². The molecule has 3 N–H and O–H groups in total. The van der Waals surface area contributed by atoms with Crippen LogP contribution >= 0.6 is 0 Å². The highest BCUT2D eigenvalue weighted by atomic mass is 16.5. The molecule has 25 heavy (non-hydrogen) atoms. The highest BCUT2D eigenvalue weighted by molar-refractivity contribution is 5.94. The van der Waals surface area contributed by atoms with Crippen LogP contribution in [0.25, 0.3) is 0 Å². The van der Waals surface area contributed by atoms with Crippen LogP contribution in [0.2, 0.25) is 0 Å². The van der Waals surface area contributed by atoms with Gasteiger partial charge in [-0.3, -0.25) is 4.79 Å². The summed E-state index contributed by atoms with van der Waals surface area (Å²) in [5.41, 5.74) is 8.66. The zero-order valence-corrected chi connectivity index (χ0v) is 15.0. The Balaban J connectivity index is 1.87. The van der Waals surface area contributed by atoms with Crippen LogP contribution < -0.4 is 15.8 Å². The number of carbonyl (C=O) groups excluding carboxylic acids is 1. The van der Waals surface area contributed by atoms with Crippen LogP contribution in [0.5, 0.6) is 5.75 Å². The van der Waals surface area contributed by atoms with Gasteiger partial charge in [-0.1, -0.05) is 38.1 Å². The minimum absolute atomic E-state index is 0.0935. The second-order valence-corrected chi connectivity index (χ2v) is 6.30. The predicted molar refractivity (Wildman–Crippen MR) is 99.4 cm³/mol. The van der Waals surface area contributed by atoms with Crippen LogP contribution in [0.3, 0.4) is 0 Å². The van der Waals surface area contributed by atoms with E-state index in [0.29, 0.717) is 13.2 Å². The van der Waals surface area contributed by atoms with Gasteiger partial charge < -0.3 is 20.5 Å². The highest BCUT2D eigenvalue weighted by Crippen LogP contribution is 2.15. The zero-order valence-electron chi connectivity index (χ0n) is 15.0. The fraction of sp³-hybridized carbons (Fsp3) is 0.350. The number of hydrogen-bond donors (Lipinski definition) is 2. The van der Waals surface area contributed by atoms with Crippen molar-refractivity contribution in [1.29, 1.82) is 0 Å². The SMILES string of the molecule is COc1ccc(COCc2cccc(NC(=O)[C@@H](N)C(C)C)c2)cc1. The molecule has 0 saturated heterocycles. The molecule has 2 rings (SSSR count). The Kier molecular flexibility index (Phi) is 6.98. The topological polar surface area (TPSA) is 73.6 Å². The van der Waals surface area contributed by atoms with E-state index >= 15 is 0 Å². The molecule has 1 atom stereocenters. The Labute approximate surface area is 149 Å². The molecule has 0 aliphatic rings. The number of anilines is 1. The summed E-state index contributed by atoms with van der Waals surface area (Å²) in [5.74, 6) is 0.745. The first-order chi connectivity index (χ1) is 12.0. The van der Waals surface area contributed by atoms with Crippen molar-refractivity contribution in [2.75, 3.05) is 12.4 Å². The van der Waals surface area contributed by atoms with E-state index in [0.717, 1.165) is 22.6 Å². The van der Waals surface area contributed by atoms with Crippen LogP contribution in [0.15, 0.2) is 48.5 Å². The fourth-order valence-electron chi connectivity index (χ4n) is 2.28. The molecule has 5 nitrogen and oxygen atoms in total. The predicted octanol–water partition coefficient (Wildman–Crippen LogP) is 3.33. The molecule has 2 aromatic rings. The van der Waals surface area contributed by atoms with Crippen molar-refractivity contribution >= 4 is 11.6 Å². The molecule has 2 aromatic carbocycles. The van der Waals surface area contributed by atoms with Gasteiger partial charge in [-0.25, -0.2) is 0 Å². The number of carbonyl (C=O) groups is 1. The highest BCUT2D eigenvalue weighted by Gasteiger charge is 2.17. The summed E-state index contributed by atoms with van der Waals surface area (Å²) < 4.78 is 10.9. The molecule has 0 bridgehead atoms. The Morgan fingerprint density at radius 1 is 1.08 bits per heavy atom. The van der Waals surface area contributed by atoms with Gasteiger partial charge in [0.15, 0.2) is 0 Å². The van der Waals surface area contributed by atoms with E-state index in [1.807, 2.05) is 62.4 Å². The second-order valence-electron chi connectivity index (χ2n) is 6.30. The molecule has 0 fully saturated rings. The number of benzene rings is 2. The standard InChI is InChI=1S/C20H26N2O3/c1-14(2)19(21)20(23)22-17-6-4-5-16(11-17)13-25-12-15-7-9-18(24-3)10-8-15/h4-11,14,19H,12-13,21H2,1-3H3,(H,22,23)/t19-/m0/s1. The van der Waals surface area contributed by atoms with Gasteiger partial charge in [-0.2, -0.15) is 0 Å². The minimum Gasteiger partial charge on any atom is -0.497 e. The summed E-state index contributed by atoms with van der Waals surface area (Å²) in [6, 6.07) is 14.9. The van der Waals surface area contributed by atoms with Gasteiger partial charge in [0.2, 0.25) is 5.91 Å². The van der Waals surface area contributed by atoms with E-state index in [1.165, 1.54) is 0 Å². The first kappa shape index (κ1) is 19.0. The summed E-state index contributed by atoms with van der Waals surface area (Å²) in [7, 11) is 1.64. The fourth-order valence-corrected chi connectivity index (χ4v) is 2.28.